The zero-order chi connectivity index (χ0) is 13.8. The fraction of sp³-hybridized carbons (Fsp3) is 0.625. The molecule has 106 valence electrons. The van der Waals surface area contributed by atoms with Crippen molar-refractivity contribution in [2.75, 3.05) is 13.1 Å². The molecule has 0 radical (unpaired) electrons. The third-order valence-electron chi connectivity index (χ3n) is 4.26. The van der Waals surface area contributed by atoms with Crippen LogP contribution in [0.3, 0.4) is 0 Å². The first-order valence-electron chi connectivity index (χ1n) is 7.36. The van der Waals surface area contributed by atoms with Crippen LogP contribution in [-0.4, -0.2) is 30.1 Å². The van der Waals surface area contributed by atoms with Gasteiger partial charge in [-0.1, -0.05) is 19.9 Å². The number of halogens is 1. The molecule has 2 nitrogen and oxygen atoms in total. The lowest BCUT2D eigenvalue weighted by Crippen LogP contribution is -2.55. The molecular weight excluding hydrogens is 239 g/mol. The Balaban J connectivity index is 2.11. The number of piperazine rings is 1. The first-order chi connectivity index (χ1) is 9.13. The van der Waals surface area contributed by atoms with E-state index >= 15 is 0 Å². The highest BCUT2D eigenvalue weighted by Gasteiger charge is 2.26. The summed E-state index contributed by atoms with van der Waals surface area (Å²) in [6.07, 6.45) is 2.28. The molecule has 2 atom stereocenters. The number of hydrogen-bond donors (Lipinski definition) is 1. The summed E-state index contributed by atoms with van der Waals surface area (Å²) in [5.41, 5.74) is 2.30. The Labute approximate surface area is 116 Å². The average Bonchev–Trinajstić information content (AvgIpc) is 2.42. The molecule has 0 saturated carbocycles. The number of rotatable bonds is 4. The number of benzene rings is 1. The molecule has 0 bridgehead atoms. The predicted octanol–water partition coefficient (Wildman–Crippen LogP) is 3.10. The lowest BCUT2D eigenvalue weighted by Gasteiger charge is -2.40. The topological polar surface area (TPSA) is 15.3 Å². The Morgan fingerprint density at radius 2 is 2.11 bits per heavy atom. The standard InChI is InChI=1S/C16H25FN2/c1-4-15-11-19(16(5-2)9-18-15)10-13-8-14(17)7-6-12(13)3/h6-8,15-16,18H,4-5,9-11H2,1-3H3. The Bertz CT molecular complexity index is 419. The smallest absolute Gasteiger partial charge is 0.123 e. The number of hydrogen-bond acceptors (Lipinski definition) is 2. The second-order valence-corrected chi connectivity index (χ2v) is 5.58. The number of aryl methyl sites for hydroxylation is 1. The van der Waals surface area contributed by atoms with Gasteiger partial charge in [0.25, 0.3) is 0 Å². The highest BCUT2D eigenvalue weighted by Crippen LogP contribution is 2.18. The zero-order valence-corrected chi connectivity index (χ0v) is 12.2. The molecule has 1 fully saturated rings. The summed E-state index contributed by atoms with van der Waals surface area (Å²) in [6.45, 7) is 9.48. The van der Waals surface area contributed by atoms with Gasteiger partial charge in [0, 0.05) is 31.7 Å². The van der Waals surface area contributed by atoms with Gasteiger partial charge < -0.3 is 5.32 Å². The first-order valence-corrected chi connectivity index (χ1v) is 7.36. The van der Waals surface area contributed by atoms with E-state index in [2.05, 4.69) is 31.0 Å². The summed E-state index contributed by atoms with van der Waals surface area (Å²) < 4.78 is 13.4. The van der Waals surface area contributed by atoms with Crippen LogP contribution in [0.1, 0.15) is 37.8 Å². The van der Waals surface area contributed by atoms with Crippen LogP contribution in [0, 0.1) is 12.7 Å². The van der Waals surface area contributed by atoms with Gasteiger partial charge in [-0.25, -0.2) is 4.39 Å². The van der Waals surface area contributed by atoms with E-state index in [1.54, 1.807) is 12.1 Å². The zero-order valence-electron chi connectivity index (χ0n) is 12.2. The van der Waals surface area contributed by atoms with Crippen molar-refractivity contribution in [3.05, 3.63) is 35.1 Å². The molecule has 1 heterocycles. The van der Waals surface area contributed by atoms with E-state index in [1.165, 1.54) is 5.56 Å². The third kappa shape index (κ3) is 3.54. The van der Waals surface area contributed by atoms with E-state index in [0.29, 0.717) is 12.1 Å². The van der Waals surface area contributed by atoms with Crippen molar-refractivity contribution < 1.29 is 4.39 Å². The fourth-order valence-corrected chi connectivity index (χ4v) is 2.83. The Kier molecular flexibility index (Phi) is 4.94. The summed E-state index contributed by atoms with van der Waals surface area (Å²) in [5.74, 6) is -0.129. The van der Waals surface area contributed by atoms with Crippen LogP contribution in [0.15, 0.2) is 18.2 Å². The lowest BCUT2D eigenvalue weighted by molar-refractivity contribution is 0.117. The van der Waals surface area contributed by atoms with Crippen molar-refractivity contribution in [3.8, 4) is 0 Å². The second-order valence-electron chi connectivity index (χ2n) is 5.58. The van der Waals surface area contributed by atoms with Crippen LogP contribution >= 0.6 is 0 Å². The van der Waals surface area contributed by atoms with Gasteiger partial charge in [-0.2, -0.15) is 0 Å². The van der Waals surface area contributed by atoms with Crippen LogP contribution in [0.2, 0.25) is 0 Å². The average molecular weight is 264 g/mol. The van der Waals surface area contributed by atoms with Crippen LogP contribution in [0.5, 0.6) is 0 Å². The molecule has 0 spiro atoms. The van der Waals surface area contributed by atoms with Crippen molar-refractivity contribution in [2.45, 2.75) is 52.2 Å². The summed E-state index contributed by atoms with van der Waals surface area (Å²) >= 11 is 0. The minimum absolute atomic E-state index is 0.129. The molecule has 0 amide bonds. The molecule has 1 N–H and O–H groups in total. The van der Waals surface area contributed by atoms with Crippen molar-refractivity contribution in [1.29, 1.82) is 0 Å². The normalized spacial score (nSPS) is 24.6. The summed E-state index contributed by atoms with van der Waals surface area (Å²) in [6, 6.07) is 6.24. The van der Waals surface area contributed by atoms with Crippen LogP contribution in [-0.2, 0) is 6.54 Å². The maximum Gasteiger partial charge on any atom is 0.123 e. The molecule has 1 aliphatic heterocycles. The third-order valence-corrected chi connectivity index (χ3v) is 4.26. The molecular formula is C16H25FN2. The van der Waals surface area contributed by atoms with Gasteiger partial charge in [0.1, 0.15) is 5.82 Å². The largest absolute Gasteiger partial charge is 0.311 e. The van der Waals surface area contributed by atoms with Crippen molar-refractivity contribution in [1.82, 2.24) is 10.2 Å². The second kappa shape index (κ2) is 6.49. The van der Waals surface area contributed by atoms with E-state index in [-0.39, 0.29) is 5.82 Å². The van der Waals surface area contributed by atoms with Crippen molar-refractivity contribution in [3.63, 3.8) is 0 Å². The maximum absolute atomic E-state index is 13.4. The molecule has 19 heavy (non-hydrogen) atoms. The summed E-state index contributed by atoms with van der Waals surface area (Å²) in [4.78, 5) is 2.51. The minimum atomic E-state index is -0.129. The lowest BCUT2D eigenvalue weighted by atomic mass is 10.0. The Hall–Kier alpha value is -0.930. The van der Waals surface area contributed by atoms with Crippen LogP contribution in [0.25, 0.3) is 0 Å². The highest BCUT2D eigenvalue weighted by molar-refractivity contribution is 5.26. The minimum Gasteiger partial charge on any atom is -0.311 e. The van der Waals surface area contributed by atoms with Gasteiger partial charge >= 0.3 is 0 Å². The summed E-state index contributed by atoms with van der Waals surface area (Å²) in [7, 11) is 0. The molecule has 1 aliphatic rings. The van der Waals surface area contributed by atoms with Crippen molar-refractivity contribution in [2.24, 2.45) is 0 Å². The predicted molar refractivity (Wildman–Crippen MR) is 77.7 cm³/mol. The van der Waals surface area contributed by atoms with E-state index in [9.17, 15) is 4.39 Å². The van der Waals surface area contributed by atoms with Gasteiger partial charge in [0.05, 0.1) is 0 Å². The van der Waals surface area contributed by atoms with Gasteiger partial charge in [0.15, 0.2) is 0 Å². The fourth-order valence-electron chi connectivity index (χ4n) is 2.83. The van der Waals surface area contributed by atoms with Crippen LogP contribution in [0.4, 0.5) is 4.39 Å². The molecule has 1 aromatic rings. The van der Waals surface area contributed by atoms with Gasteiger partial charge in [0.2, 0.25) is 0 Å². The number of nitrogens with one attached hydrogen (secondary N) is 1. The molecule has 0 aromatic heterocycles. The highest BCUT2D eigenvalue weighted by atomic mass is 19.1. The molecule has 2 unspecified atom stereocenters. The van der Waals surface area contributed by atoms with Crippen molar-refractivity contribution >= 4 is 0 Å². The molecule has 1 saturated heterocycles. The van der Waals surface area contributed by atoms with E-state index < -0.39 is 0 Å². The van der Waals surface area contributed by atoms with E-state index in [0.717, 1.165) is 38.0 Å². The SMILES string of the molecule is CCC1CN(Cc2cc(F)ccc2C)C(CC)CN1. The molecule has 3 heteroatoms. The van der Waals surface area contributed by atoms with Gasteiger partial charge in [-0.3, -0.25) is 4.90 Å². The quantitative estimate of drug-likeness (QED) is 0.899. The maximum atomic E-state index is 13.4. The van der Waals surface area contributed by atoms with Crippen LogP contribution < -0.4 is 5.32 Å². The van der Waals surface area contributed by atoms with E-state index in [1.807, 2.05) is 6.07 Å². The molecule has 0 aliphatic carbocycles. The monoisotopic (exact) mass is 264 g/mol. The number of nitrogens with zero attached hydrogens (tertiary/aromatic N) is 1. The van der Waals surface area contributed by atoms with Gasteiger partial charge in [-0.05, 0) is 43.0 Å². The molecule has 2 rings (SSSR count). The summed E-state index contributed by atoms with van der Waals surface area (Å²) in [5, 5.41) is 3.60. The first kappa shape index (κ1) is 14.5. The Morgan fingerprint density at radius 1 is 1.32 bits per heavy atom. The Morgan fingerprint density at radius 3 is 2.79 bits per heavy atom. The molecule has 1 aromatic carbocycles. The van der Waals surface area contributed by atoms with Gasteiger partial charge in [-0.15, -0.1) is 0 Å². The van der Waals surface area contributed by atoms with E-state index in [4.69, 9.17) is 0 Å².